The largest absolute Gasteiger partial charge is 0.368 e. The van der Waals surface area contributed by atoms with Crippen molar-refractivity contribution in [1.29, 1.82) is 0 Å². The molecule has 2 aromatic rings. The van der Waals surface area contributed by atoms with E-state index in [4.69, 9.17) is 5.73 Å². The van der Waals surface area contributed by atoms with Crippen molar-refractivity contribution in [3.8, 4) is 0 Å². The molecule has 1 atom stereocenters. The average Bonchev–Trinajstić information content (AvgIpc) is 3.41. The van der Waals surface area contributed by atoms with Gasteiger partial charge in [0.05, 0.1) is 5.69 Å². The standard InChI is InChI=1S/C23H25FN6O2S/c24-15-1-3-16(4-2-15)30-18(19(25)31)8-17(29-30)20(32)26-22-28-27-21(33-22)23-9-12-5-13(10-23)7-14(6-12)11-23/h1-4,12-14,18H,5-11H2,(H2,25,31)(H,26,28,32). The van der Waals surface area contributed by atoms with Crippen molar-refractivity contribution in [3.05, 3.63) is 35.1 Å². The number of nitrogens with one attached hydrogen (secondary N) is 1. The first-order valence-electron chi connectivity index (χ1n) is 11.5. The summed E-state index contributed by atoms with van der Waals surface area (Å²) in [6, 6.07) is 4.73. The van der Waals surface area contributed by atoms with Crippen LogP contribution in [0.3, 0.4) is 0 Å². The molecule has 3 N–H and O–H groups in total. The number of anilines is 2. The Labute approximate surface area is 194 Å². The van der Waals surface area contributed by atoms with Gasteiger partial charge in [-0.2, -0.15) is 5.10 Å². The molecule has 1 unspecified atom stereocenters. The molecule has 4 fully saturated rings. The number of rotatable bonds is 5. The minimum atomic E-state index is -0.812. The molecule has 5 aliphatic rings. The molecule has 0 spiro atoms. The van der Waals surface area contributed by atoms with E-state index in [0.717, 1.165) is 22.8 Å². The summed E-state index contributed by atoms with van der Waals surface area (Å²) in [5.74, 6) is 0.962. The Bertz CT molecular complexity index is 1110. The summed E-state index contributed by atoms with van der Waals surface area (Å²) in [7, 11) is 0. The highest BCUT2D eigenvalue weighted by Crippen LogP contribution is 2.61. The summed E-state index contributed by atoms with van der Waals surface area (Å²) < 4.78 is 13.3. The monoisotopic (exact) mass is 468 g/mol. The normalized spacial score (nSPS) is 32.2. The van der Waals surface area contributed by atoms with Crippen LogP contribution < -0.4 is 16.1 Å². The predicted molar refractivity (Wildman–Crippen MR) is 122 cm³/mol. The first-order chi connectivity index (χ1) is 15.9. The Morgan fingerprint density at radius 2 is 1.70 bits per heavy atom. The van der Waals surface area contributed by atoms with Crippen LogP contribution in [0.25, 0.3) is 0 Å². The predicted octanol–water partition coefficient (Wildman–Crippen LogP) is 3.20. The Morgan fingerprint density at radius 1 is 1.06 bits per heavy atom. The number of carbonyl (C=O) groups is 2. The van der Waals surface area contributed by atoms with Gasteiger partial charge in [-0.05, 0) is 80.5 Å². The van der Waals surface area contributed by atoms with Crippen LogP contribution in [0.2, 0.25) is 0 Å². The molecule has 4 saturated carbocycles. The van der Waals surface area contributed by atoms with Gasteiger partial charge in [-0.15, -0.1) is 10.2 Å². The molecule has 1 aromatic carbocycles. The van der Waals surface area contributed by atoms with Crippen LogP contribution in [-0.4, -0.2) is 33.8 Å². The van der Waals surface area contributed by atoms with Gasteiger partial charge in [-0.25, -0.2) is 4.39 Å². The maximum Gasteiger partial charge on any atom is 0.273 e. The van der Waals surface area contributed by atoms with E-state index in [1.165, 1.54) is 79.1 Å². The number of carbonyl (C=O) groups excluding carboxylic acids is 2. The Kier molecular flexibility index (Phi) is 4.76. The van der Waals surface area contributed by atoms with E-state index < -0.39 is 23.7 Å². The van der Waals surface area contributed by atoms with Crippen molar-refractivity contribution in [1.82, 2.24) is 10.2 Å². The summed E-state index contributed by atoms with van der Waals surface area (Å²) in [6.07, 6.45) is 7.68. The number of nitrogens with two attached hydrogens (primary N) is 1. The fourth-order valence-electron chi connectivity index (χ4n) is 6.73. The van der Waals surface area contributed by atoms with Gasteiger partial charge in [-0.1, -0.05) is 11.3 Å². The third-order valence-electron chi connectivity index (χ3n) is 7.73. The lowest BCUT2D eigenvalue weighted by Crippen LogP contribution is -2.48. The lowest BCUT2D eigenvalue weighted by atomic mass is 9.50. The Balaban J connectivity index is 1.19. The molecule has 2 heterocycles. The summed E-state index contributed by atoms with van der Waals surface area (Å²) in [5, 5.41) is 18.7. The van der Waals surface area contributed by atoms with Crippen LogP contribution in [-0.2, 0) is 15.0 Å². The van der Waals surface area contributed by atoms with Crippen LogP contribution in [0.15, 0.2) is 29.4 Å². The average molecular weight is 469 g/mol. The van der Waals surface area contributed by atoms with Gasteiger partial charge in [0.25, 0.3) is 5.91 Å². The number of primary amides is 1. The number of aromatic nitrogens is 2. The van der Waals surface area contributed by atoms with Crippen molar-refractivity contribution < 1.29 is 14.0 Å². The van der Waals surface area contributed by atoms with Crippen LogP contribution in [0.5, 0.6) is 0 Å². The number of hydrogen-bond acceptors (Lipinski definition) is 7. The molecule has 172 valence electrons. The zero-order valence-electron chi connectivity index (χ0n) is 18.0. The summed E-state index contributed by atoms with van der Waals surface area (Å²) in [4.78, 5) is 24.9. The van der Waals surface area contributed by atoms with E-state index in [2.05, 4.69) is 20.6 Å². The third-order valence-corrected chi connectivity index (χ3v) is 8.81. The van der Waals surface area contributed by atoms with E-state index >= 15 is 0 Å². The fraction of sp³-hybridized carbons (Fsp3) is 0.522. The van der Waals surface area contributed by atoms with Crippen LogP contribution in [0, 0.1) is 23.6 Å². The lowest BCUT2D eigenvalue weighted by molar-refractivity contribution is -0.119. The number of nitrogens with zero attached hydrogens (tertiary/aromatic N) is 4. The van der Waals surface area contributed by atoms with Gasteiger partial charge in [0.15, 0.2) is 0 Å². The van der Waals surface area contributed by atoms with Crippen LogP contribution in [0.1, 0.15) is 50.0 Å². The molecule has 4 bridgehead atoms. The zero-order valence-corrected chi connectivity index (χ0v) is 18.9. The van der Waals surface area contributed by atoms with E-state index in [9.17, 15) is 14.0 Å². The molecule has 33 heavy (non-hydrogen) atoms. The van der Waals surface area contributed by atoms with Gasteiger partial charge < -0.3 is 5.73 Å². The number of hydrazone groups is 1. The Morgan fingerprint density at radius 3 is 2.30 bits per heavy atom. The molecule has 7 rings (SSSR count). The first kappa shape index (κ1) is 20.7. The van der Waals surface area contributed by atoms with E-state index in [1.807, 2.05) is 0 Å². The highest BCUT2D eigenvalue weighted by atomic mass is 32.1. The number of hydrogen-bond donors (Lipinski definition) is 2. The second-order valence-electron chi connectivity index (χ2n) is 10.1. The summed E-state index contributed by atoms with van der Waals surface area (Å²) in [5.41, 5.74) is 6.32. The SMILES string of the molecule is NC(=O)C1CC(C(=O)Nc2nnc(C34CC5CC(CC(C5)C3)C4)s2)=NN1c1ccc(F)cc1. The highest BCUT2D eigenvalue weighted by molar-refractivity contribution is 7.15. The minimum Gasteiger partial charge on any atom is -0.368 e. The van der Waals surface area contributed by atoms with Crippen molar-refractivity contribution in [2.45, 2.75) is 56.4 Å². The van der Waals surface area contributed by atoms with E-state index in [-0.39, 0.29) is 17.5 Å². The second kappa shape index (κ2) is 7.58. The van der Waals surface area contributed by atoms with Crippen molar-refractivity contribution in [2.24, 2.45) is 28.6 Å². The molecule has 0 radical (unpaired) electrons. The maximum absolute atomic E-state index is 13.3. The highest BCUT2D eigenvalue weighted by Gasteiger charge is 2.53. The third kappa shape index (κ3) is 3.60. The number of amides is 2. The molecule has 10 heteroatoms. The quantitative estimate of drug-likeness (QED) is 0.700. The van der Waals surface area contributed by atoms with Gasteiger partial charge in [-0.3, -0.25) is 19.9 Å². The molecule has 8 nitrogen and oxygen atoms in total. The first-order valence-corrected chi connectivity index (χ1v) is 12.3. The topological polar surface area (TPSA) is 114 Å². The van der Waals surface area contributed by atoms with Crippen LogP contribution in [0.4, 0.5) is 15.2 Å². The van der Waals surface area contributed by atoms with Crippen LogP contribution >= 0.6 is 11.3 Å². The molecule has 1 aromatic heterocycles. The maximum atomic E-state index is 13.3. The zero-order chi connectivity index (χ0) is 22.7. The number of benzene rings is 1. The number of halogens is 1. The molecular weight excluding hydrogens is 443 g/mol. The lowest BCUT2D eigenvalue weighted by Gasteiger charge is -2.55. The van der Waals surface area contributed by atoms with Gasteiger partial charge >= 0.3 is 0 Å². The van der Waals surface area contributed by atoms with Crippen molar-refractivity contribution >= 4 is 39.7 Å². The summed E-state index contributed by atoms with van der Waals surface area (Å²) >= 11 is 1.46. The van der Waals surface area contributed by atoms with Gasteiger partial charge in [0.1, 0.15) is 22.6 Å². The second-order valence-corrected chi connectivity index (χ2v) is 11.0. The van der Waals surface area contributed by atoms with Gasteiger partial charge in [0.2, 0.25) is 11.0 Å². The van der Waals surface area contributed by atoms with Crippen molar-refractivity contribution in [3.63, 3.8) is 0 Å². The summed E-state index contributed by atoms with van der Waals surface area (Å²) in [6.45, 7) is 0. The minimum absolute atomic E-state index is 0.0686. The van der Waals surface area contributed by atoms with E-state index in [1.54, 1.807) is 0 Å². The van der Waals surface area contributed by atoms with E-state index in [0.29, 0.717) is 10.8 Å². The molecule has 4 aliphatic carbocycles. The molecule has 1 aliphatic heterocycles. The fourth-order valence-corrected chi connectivity index (χ4v) is 7.69. The smallest absolute Gasteiger partial charge is 0.273 e. The van der Waals surface area contributed by atoms with Gasteiger partial charge in [0, 0.05) is 11.8 Å². The molecular formula is C23H25FN6O2S. The van der Waals surface area contributed by atoms with Crippen molar-refractivity contribution in [2.75, 3.05) is 10.3 Å². The Hall–Kier alpha value is -2.88. The molecule has 0 saturated heterocycles. The molecule has 2 amide bonds.